The van der Waals surface area contributed by atoms with Crippen molar-refractivity contribution in [2.75, 3.05) is 26.3 Å². The maximum absolute atomic E-state index is 11.4. The van der Waals surface area contributed by atoms with Gasteiger partial charge in [0.15, 0.2) is 0 Å². The summed E-state index contributed by atoms with van der Waals surface area (Å²) in [6.07, 6.45) is 3.87. The number of ether oxygens (including phenoxy) is 1. The molecule has 0 spiro atoms. The largest absolute Gasteiger partial charge is 0.381 e. The predicted molar refractivity (Wildman–Crippen MR) is 56.3 cm³/mol. The molecule has 1 atom stereocenters. The van der Waals surface area contributed by atoms with Crippen molar-refractivity contribution in [2.24, 2.45) is 5.92 Å². The molecule has 1 saturated heterocycles. The van der Waals surface area contributed by atoms with E-state index < -0.39 is 0 Å². The van der Waals surface area contributed by atoms with E-state index in [-0.39, 0.29) is 5.92 Å². The van der Waals surface area contributed by atoms with Crippen molar-refractivity contribution in [3.63, 3.8) is 0 Å². The Bertz CT molecular complexity index is 171. The van der Waals surface area contributed by atoms with E-state index in [0.717, 1.165) is 39.1 Å². The topological polar surface area (TPSA) is 38.3 Å². The van der Waals surface area contributed by atoms with E-state index in [9.17, 15) is 4.79 Å². The third-order valence-electron chi connectivity index (χ3n) is 2.65. The minimum Gasteiger partial charge on any atom is -0.381 e. The van der Waals surface area contributed by atoms with Gasteiger partial charge >= 0.3 is 0 Å². The van der Waals surface area contributed by atoms with Gasteiger partial charge in [0.25, 0.3) is 0 Å². The number of hydrogen-bond donors (Lipinski definition) is 1. The van der Waals surface area contributed by atoms with Crippen molar-refractivity contribution >= 4 is 5.78 Å². The smallest absolute Gasteiger partial charge is 0.138 e. The first-order valence-corrected chi connectivity index (χ1v) is 5.65. The lowest BCUT2D eigenvalue weighted by atomic mass is 9.95. The van der Waals surface area contributed by atoms with Gasteiger partial charge in [-0.2, -0.15) is 0 Å². The van der Waals surface area contributed by atoms with E-state index in [1.165, 1.54) is 6.42 Å². The standard InChI is InChI=1S/C11H21NO2/c1-2-3-7-14-8-5-10-9-12-6-4-11(10)13/h10,12H,2-9H2,1H3. The molecular weight excluding hydrogens is 178 g/mol. The Morgan fingerprint density at radius 2 is 2.36 bits per heavy atom. The second-order valence-electron chi connectivity index (χ2n) is 3.87. The molecule has 0 aromatic heterocycles. The summed E-state index contributed by atoms with van der Waals surface area (Å²) in [6.45, 7) is 5.42. The first-order valence-electron chi connectivity index (χ1n) is 5.65. The molecule has 1 N–H and O–H groups in total. The van der Waals surface area contributed by atoms with Gasteiger partial charge < -0.3 is 10.1 Å². The second-order valence-corrected chi connectivity index (χ2v) is 3.87. The average molecular weight is 199 g/mol. The monoisotopic (exact) mass is 199 g/mol. The Morgan fingerprint density at radius 1 is 1.50 bits per heavy atom. The molecule has 1 heterocycles. The van der Waals surface area contributed by atoms with Crippen LogP contribution in [0, 0.1) is 5.92 Å². The highest BCUT2D eigenvalue weighted by Gasteiger charge is 2.20. The van der Waals surface area contributed by atoms with Gasteiger partial charge in [0, 0.05) is 38.6 Å². The summed E-state index contributed by atoms with van der Waals surface area (Å²) in [6, 6.07) is 0. The van der Waals surface area contributed by atoms with Crippen molar-refractivity contribution in [1.29, 1.82) is 0 Å². The molecule has 82 valence electrons. The molecule has 0 aromatic carbocycles. The van der Waals surface area contributed by atoms with Gasteiger partial charge in [0.2, 0.25) is 0 Å². The number of piperidine rings is 1. The molecule has 3 nitrogen and oxygen atoms in total. The Hall–Kier alpha value is -0.410. The third kappa shape index (κ3) is 4.20. The molecule has 1 unspecified atom stereocenters. The molecule has 1 aliphatic heterocycles. The summed E-state index contributed by atoms with van der Waals surface area (Å²) < 4.78 is 5.45. The minimum atomic E-state index is 0.199. The van der Waals surface area contributed by atoms with Crippen LogP contribution in [0.1, 0.15) is 32.6 Å². The highest BCUT2D eigenvalue weighted by molar-refractivity contribution is 5.82. The predicted octanol–water partition coefficient (Wildman–Crippen LogP) is 1.37. The number of carbonyl (C=O) groups excluding carboxylic acids is 1. The molecule has 1 fully saturated rings. The number of rotatable bonds is 6. The Kier molecular flexibility index (Phi) is 5.80. The van der Waals surface area contributed by atoms with Crippen molar-refractivity contribution < 1.29 is 9.53 Å². The summed E-state index contributed by atoms with van der Waals surface area (Å²) in [5.41, 5.74) is 0. The van der Waals surface area contributed by atoms with Crippen LogP contribution in [0.25, 0.3) is 0 Å². The number of unbranched alkanes of at least 4 members (excludes halogenated alkanes) is 1. The van der Waals surface area contributed by atoms with Crippen LogP contribution in [0.4, 0.5) is 0 Å². The van der Waals surface area contributed by atoms with Crippen molar-refractivity contribution in [3.8, 4) is 0 Å². The van der Waals surface area contributed by atoms with Gasteiger partial charge in [-0.15, -0.1) is 0 Å². The zero-order chi connectivity index (χ0) is 10.2. The maximum atomic E-state index is 11.4. The van der Waals surface area contributed by atoms with Crippen LogP contribution < -0.4 is 5.32 Å². The third-order valence-corrected chi connectivity index (χ3v) is 2.65. The number of ketones is 1. The summed E-state index contributed by atoms with van der Waals surface area (Å²) in [5, 5.41) is 3.24. The average Bonchev–Trinajstić information content (AvgIpc) is 2.20. The number of carbonyl (C=O) groups is 1. The number of hydrogen-bond acceptors (Lipinski definition) is 3. The van der Waals surface area contributed by atoms with Gasteiger partial charge in [-0.3, -0.25) is 4.79 Å². The molecule has 3 heteroatoms. The van der Waals surface area contributed by atoms with Crippen molar-refractivity contribution in [2.45, 2.75) is 32.6 Å². The highest BCUT2D eigenvalue weighted by Crippen LogP contribution is 2.10. The first-order chi connectivity index (χ1) is 6.84. The zero-order valence-corrected chi connectivity index (χ0v) is 9.05. The van der Waals surface area contributed by atoms with E-state index in [1.807, 2.05) is 0 Å². The van der Waals surface area contributed by atoms with Crippen LogP contribution in [-0.4, -0.2) is 32.1 Å². The molecule has 1 rings (SSSR count). The van der Waals surface area contributed by atoms with Crippen molar-refractivity contribution in [3.05, 3.63) is 0 Å². The molecule has 0 radical (unpaired) electrons. The maximum Gasteiger partial charge on any atom is 0.138 e. The molecule has 0 amide bonds. The zero-order valence-electron chi connectivity index (χ0n) is 9.05. The summed E-state index contributed by atoms with van der Waals surface area (Å²) in [5.74, 6) is 0.605. The Labute approximate surface area is 86.2 Å². The van der Waals surface area contributed by atoms with E-state index in [2.05, 4.69) is 12.2 Å². The lowest BCUT2D eigenvalue weighted by Crippen LogP contribution is -2.37. The SMILES string of the molecule is CCCCOCCC1CNCCC1=O. The van der Waals surface area contributed by atoms with Crippen LogP contribution >= 0.6 is 0 Å². The molecule has 0 bridgehead atoms. The van der Waals surface area contributed by atoms with E-state index in [0.29, 0.717) is 12.2 Å². The van der Waals surface area contributed by atoms with Gasteiger partial charge in [0.05, 0.1) is 0 Å². The van der Waals surface area contributed by atoms with Crippen LogP contribution in [0.2, 0.25) is 0 Å². The Balaban J connectivity index is 2.02. The lowest BCUT2D eigenvalue weighted by molar-refractivity contribution is -0.124. The fourth-order valence-corrected chi connectivity index (χ4v) is 1.64. The van der Waals surface area contributed by atoms with Gasteiger partial charge in [-0.05, 0) is 12.8 Å². The molecule has 0 aromatic rings. The molecule has 0 aliphatic carbocycles. The highest BCUT2D eigenvalue weighted by atomic mass is 16.5. The van der Waals surface area contributed by atoms with Crippen LogP contribution in [0.3, 0.4) is 0 Å². The molecule has 14 heavy (non-hydrogen) atoms. The van der Waals surface area contributed by atoms with E-state index in [4.69, 9.17) is 4.74 Å². The van der Waals surface area contributed by atoms with Gasteiger partial charge in [-0.1, -0.05) is 13.3 Å². The summed E-state index contributed by atoms with van der Waals surface area (Å²) in [7, 11) is 0. The number of nitrogens with one attached hydrogen (secondary N) is 1. The fourth-order valence-electron chi connectivity index (χ4n) is 1.64. The van der Waals surface area contributed by atoms with Gasteiger partial charge in [-0.25, -0.2) is 0 Å². The Morgan fingerprint density at radius 3 is 3.07 bits per heavy atom. The molecule has 0 saturated carbocycles. The fraction of sp³-hybridized carbons (Fsp3) is 0.909. The quantitative estimate of drug-likeness (QED) is 0.657. The second kappa shape index (κ2) is 6.96. The van der Waals surface area contributed by atoms with Crippen LogP contribution in [0.5, 0.6) is 0 Å². The van der Waals surface area contributed by atoms with E-state index in [1.54, 1.807) is 0 Å². The summed E-state index contributed by atoms with van der Waals surface area (Å²) >= 11 is 0. The van der Waals surface area contributed by atoms with Crippen LogP contribution in [-0.2, 0) is 9.53 Å². The number of Topliss-reactive ketones (excluding diaryl/α,β-unsaturated/α-hetero) is 1. The molecular formula is C11H21NO2. The minimum absolute atomic E-state index is 0.199. The summed E-state index contributed by atoms with van der Waals surface area (Å²) in [4.78, 5) is 11.4. The lowest BCUT2D eigenvalue weighted by Gasteiger charge is -2.21. The normalized spacial score (nSPS) is 22.6. The van der Waals surface area contributed by atoms with Gasteiger partial charge in [0.1, 0.15) is 5.78 Å². The molecule has 1 aliphatic rings. The first kappa shape index (κ1) is 11.7. The van der Waals surface area contributed by atoms with Crippen LogP contribution in [0.15, 0.2) is 0 Å². The van der Waals surface area contributed by atoms with E-state index >= 15 is 0 Å². The van der Waals surface area contributed by atoms with Crippen molar-refractivity contribution in [1.82, 2.24) is 5.32 Å².